The third-order valence-corrected chi connectivity index (χ3v) is 2.77. The third-order valence-electron chi connectivity index (χ3n) is 2.53. The van der Waals surface area contributed by atoms with E-state index < -0.39 is 0 Å². The normalized spacial score (nSPS) is 25.3. The molecule has 1 heterocycles. The Balaban J connectivity index is 2.32. The smallest absolute Gasteiger partial charge is 0.110 e. The summed E-state index contributed by atoms with van der Waals surface area (Å²) in [5.74, 6) is 1.63. The van der Waals surface area contributed by atoms with E-state index >= 15 is 0 Å². The van der Waals surface area contributed by atoms with Crippen LogP contribution in [0.3, 0.4) is 0 Å². The lowest BCUT2D eigenvalue weighted by Gasteiger charge is -2.01. The maximum absolute atomic E-state index is 5.03. The van der Waals surface area contributed by atoms with Crippen LogP contribution in [0.2, 0.25) is 0 Å². The van der Waals surface area contributed by atoms with Crippen LogP contribution < -0.4 is 0 Å². The van der Waals surface area contributed by atoms with E-state index in [0.717, 1.165) is 10.5 Å². The topological polar surface area (TPSA) is 28.7 Å². The van der Waals surface area contributed by atoms with Gasteiger partial charge in [0.25, 0.3) is 0 Å². The number of nitrogens with one attached hydrogen (secondary N) is 1. The van der Waals surface area contributed by atoms with Crippen molar-refractivity contribution in [2.75, 3.05) is 0 Å². The minimum Gasteiger partial charge on any atom is -0.335 e. The molecule has 0 saturated heterocycles. The highest BCUT2D eigenvalue weighted by Gasteiger charge is 2.48. The molecule has 0 amide bonds. The van der Waals surface area contributed by atoms with Gasteiger partial charge in [0.05, 0.1) is 0 Å². The van der Waals surface area contributed by atoms with Crippen LogP contribution in [0.1, 0.15) is 32.0 Å². The average Bonchev–Trinajstić information content (AvgIpc) is 2.60. The maximum atomic E-state index is 5.03. The molecule has 2 nitrogen and oxygen atoms in total. The Kier molecular flexibility index (Phi) is 1.58. The first-order chi connectivity index (χ1) is 5.59. The van der Waals surface area contributed by atoms with Crippen LogP contribution in [0.15, 0.2) is 12.3 Å². The Morgan fingerprint density at radius 2 is 2.33 bits per heavy atom. The van der Waals surface area contributed by atoms with Gasteiger partial charge < -0.3 is 4.98 Å². The molecule has 0 aromatic carbocycles. The fourth-order valence-electron chi connectivity index (χ4n) is 1.50. The summed E-state index contributed by atoms with van der Waals surface area (Å²) in [5, 5.41) is 0. The Hall–Kier alpha value is -0.700. The van der Waals surface area contributed by atoms with Crippen LogP contribution in [0.4, 0.5) is 0 Å². The minimum absolute atomic E-state index is 0.423. The summed E-state index contributed by atoms with van der Waals surface area (Å²) in [7, 11) is 0. The summed E-state index contributed by atoms with van der Waals surface area (Å²) in [6.45, 7) is 4.51. The van der Waals surface area contributed by atoms with Crippen molar-refractivity contribution in [3.8, 4) is 0 Å². The van der Waals surface area contributed by atoms with Gasteiger partial charge in [-0.2, -0.15) is 0 Å². The fourth-order valence-corrected chi connectivity index (χ4v) is 1.66. The second-order valence-electron chi connectivity index (χ2n) is 4.06. The van der Waals surface area contributed by atoms with Gasteiger partial charge >= 0.3 is 0 Å². The summed E-state index contributed by atoms with van der Waals surface area (Å²) in [4.78, 5) is 7.40. The number of hydrogen-bond donors (Lipinski definition) is 1. The van der Waals surface area contributed by atoms with Crippen LogP contribution >= 0.6 is 12.2 Å². The zero-order valence-electron chi connectivity index (χ0n) is 7.29. The van der Waals surface area contributed by atoms with Gasteiger partial charge in [0.1, 0.15) is 10.5 Å². The van der Waals surface area contributed by atoms with Crippen LogP contribution in [0, 0.1) is 10.1 Å². The van der Waals surface area contributed by atoms with E-state index in [1.54, 1.807) is 6.20 Å². The van der Waals surface area contributed by atoms with Gasteiger partial charge in [0.2, 0.25) is 0 Å². The van der Waals surface area contributed by atoms with E-state index in [2.05, 4.69) is 23.8 Å². The maximum Gasteiger partial charge on any atom is 0.110 e. The molecule has 12 heavy (non-hydrogen) atoms. The van der Waals surface area contributed by atoms with E-state index in [4.69, 9.17) is 12.2 Å². The van der Waals surface area contributed by atoms with Crippen molar-refractivity contribution in [2.24, 2.45) is 5.41 Å². The van der Waals surface area contributed by atoms with Gasteiger partial charge in [-0.3, -0.25) is 0 Å². The molecule has 1 fully saturated rings. The number of aromatic amines is 1. The lowest BCUT2D eigenvalue weighted by atomic mass is 10.1. The molecule has 0 spiro atoms. The van der Waals surface area contributed by atoms with E-state index in [-0.39, 0.29) is 0 Å². The predicted octanol–water partition coefficient (Wildman–Crippen LogP) is 2.65. The molecule has 64 valence electrons. The quantitative estimate of drug-likeness (QED) is 0.673. The molecule has 1 unspecified atom stereocenters. The van der Waals surface area contributed by atoms with Gasteiger partial charge in [-0.1, -0.05) is 26.1 Å². The molecule has 1 saturated carbocycles. The largest absolute Gasteiger partial charge is 0.335 e. The average molecular weight is 180 g/mol. The van der Waals surface area contributed by atoms with E-state index in [1.165, 1.54) is 6.42 Å². The van der Waals surface area contributed by atoms with E-state index in [9.17, 15) is 0 Å². The Bertz CT molecular complexity index is 354. The summed E-state index contributed by atoms with van der Waals surface area (Å²) in [6, 6.07) is 1.81. The Labute approximate surface area is 77.0 Å². The van der Waals surface area contributed by atoms with Crippen molar-refractivity contribution in [1.29, 1.82) is 0 Å². The lowest BCUT2D eigenvalue weighted by Crippen LogP contribution is -1.96. The zero-order valence-corrected chi connectivity index (χ0v) is 8.11. The molecule has 1 aromatic heterocycles. The van der Waals surface area contributed by atoms with Crippen LogP contribution in [-0.2, 0) is 0 Å². The van der Waals surface area contributed by atoms with Crippen molar-refractivity contribution in [2.45, 2.75) is 26.2 Å². The molecule has 0 bridgehead atoms. The van der Waals surface area contributed by atoms with Crippen LogP contribution in [0.5, 0.6) is 0 Å². The monoisotopic (exact) mass is 180 g/mol. The number of H-pyrrole nitrogens is 1. The molecule has 1 aliphatic rings. The van der Waals surface area contributed by atoms with Crippen molar-refractivity contribution in [3.05, 3.63) is 22.7 Å². The first-order valence-corrected chi connectivity index (χ1v) is 4.56. The van der Waals surface area contributed by atoms with E-state index in [1.807, 2.05) is 6.07 Å². The summed E-state index contributed by atoms with van der Waals surface area (Å²) >= 11 is 5.03. The molecule has 1 aliphatic carbocycles. The highest BCUT2D eigenvalue weighted by atomic mass is 32.1. The van der Waals surface area contributed by atoms with Crippen molar-refractivity contribution in [1.82, 2.24) is 9.97 Å². The standard InChI is InChI=1S/C9H12N2S/c1-9(2)5-6(9)8-10-4-3-7(12)11-8/h3-4,6H,5H2,1-2H3,(H,10,11,12). The molecule has 1 N–H and O–H groups in total. The molecule has 0 aliphatic heterocycles. The van der Waals surface area contributed by atoms with Gasteiger partial charge in [0, 0.05) is 12.1 Å². The van der Waals surface area contributed by atoms with E-state index in [0.29, 0.717) is 11.3 Å². The Morgan fingerprint density at radius 1 is 1.67 bits per heavy atom. The molecule has 0 radical (unpaired) electrons. The SMILES string of the molecule is CC1(C)CC1c1nccc(=S)[nH]1. The molecule has 2 rings (SSSR count). The second kappa shape index (κ2) is 2.39. The fraction of sp³-hybridized carbons (Fsp3) is 0.556. The number of rotatable bonds is 1. The molecule has 1 atom stereocenters. The van der Waals surface area contributed by atoms with Crippen molar-refractivity contribution in [3.63, 3.8) is 0 Å². The second-order valence-corrected chi connectivity index (χ2v) is 4.50. The van der Waals surface area contributed by atoms with Gasteiger partial charge in [-0.25, -0.2) is 4.98 Å². The highest BCUT2D eigenvalue weighted by molar-refractivity contribution is 7.71. The molecular weight excluding hydrogens is 168 g/mol. The summed E-state index contributed by atoms with van der Waals surface area (Å²) in [5.41, 5.74) is 0.423. The van der Waals surface area contributed by atoms with Gasteiger partial charge in [-0.05, 0) is 17.9 Å². The first kappa shape index (κ1) is 7.92. The summed E-state index contributed by atoms with van der Waals surface area (Å²) in [6.07, 6.45) is 3.00. The van der Waals surface area contributed by atoms with Gasteiger partial charge in [0.15, 0.2) is 0 Å². The minimum atomic E-state index is 0.423. The zero-order chi connectivity index (χ0) is 8.77. The molecular formula is C9H12N2S. The molecule has 1 aromatic rings. The van der Waals surface area contributed by atoms with Crippen molar-refractivity contribution < 1.29 is 0 Å². The predicted molar refractivity (Wildman–Crippen MR) is 50.6 cm³/mol. The highest BCUT2D eigenvalue weighted by Crippen LogP contribution is 2.57. The number of hydrogen-bond acceptors (Lipinski definition) is 2. The third kappa shape index (κ3) is 1.29. The number of nitrogens with zero attached hydrogens (tertiary/aromatic N) is 1. The lowest BCUT2D eigenvalue weighted by molar-refractivity contribution is 0.608. The Morgan fingerprint density at radius 3 is 2.83 bits per heavy atom. The first-order valence-electron chi connectivity index (χ1n) is 4.15. The summed E-state index contributed by atoms with van der Waals surface area (Å²) < 4.78 is 0.780. The van der Waals surface area contributed by atoms with Crippen LogP contribution in [-0.4, -0.2) is 9.97 Å². The molecule has 3 heteroatoms. The van der Waals surface area contributed by atoms with Gasteiger partial charge in [-0.15, -0.1) is 0 Å². The van der Waals surface area contributed by atoms with Crippen LogP contribution in [0.25, 0.3) is 0 Å². The number of aromatic nitrogens is 2. The van der Waals surface area contributed by atoms with Crippen molar-refractivity contribution >= 4 is 12.2 Å².